The van der Waals surface area contributed by atoms with Gasteiger partial charge < -0.3 is 15.0 Å². The number of rotatable bonds is 5. The highest BCUT2D eigenvalue weighted by Gasteiger charge is 2.58. The Morgan fingerprint density at radius 3 is 2.88 bits per heavy atom. The molecule has 2 unspecified atom stereocenters. The van der Waals surface area contributed by atoms with Crippen LogP contribution < -0.4 is 5.32 Å². The average Bonchev–Trinajstić information content (AvgIpc) is 3.74. The summed E-state index contributed by atoms with van der Waals surface area (Å²) in [4.78, 5) is 29.9. The molecule has 5 heterocycles. The van der Waals surface area contributed by atoms with Gasteiger partial charge in [-0.15, -0.1) is 0 Å². The highest BCUT2D eigenvalue weighted by atomic mass is 32.2. The summed E-state index contributed by atoms with van der Waals surface area (Å²) in [5.74, 6) is 0.214. The summed E-state index contributed by atoms with van der Waals surface area (Å²) in [6, 6.07) is 16.8. The van der Waals surface area contributed by atoms with Crippen LogP contribution in [-0.2, 0) is 33.1 Å². The van der Waals surface area contributed by atoms with Gasteiger partial charge in [-0.05, 0) is 80.4 Å². The van der Waals surface area contributed by atoms with E-state index < -0.39 is 9.84 Å². The van der Waals surface area contributed by atoms with E-state index in [0.717, 1.165) is 41.8 Å². The standard InChI is InChI=1S/C31H31N5O4S/c1-36-10-9-31(15-23(31)18-36)29-4-2-3-25(35-29)26-8-7-21-16-32-24(14-27(21)34-26)17-33-30(37)20-5-6-22-19-40-11-12-41(38,39)28(22)13-20/h2-8,13-14,16,23H,9-12,15,17-19H2,1H3,(H,33,37). The Bertz CT molecular complexity index is 1790. The Morgan fingerprint density at radius 2 is 2.00 bits per heavy atom. The van der Waals surface area contributed by atoms with Gasteiger partial charge in [0, 0.05) is 34.8 Å². The first-order chi connectivity index (χ1) is 19.8. The van der Waals surface area contributed by atoms with Gasteiger partial charge in [0.25, 0.3) is 5.91 Å². The van der Waals surface area contributed by atoms with Crippen LogP contribution in [-0.4, -0.2) is 66.7 Å². The fraction of sp³-hybridized carbons (Fsp3) is 0.355. The van der Waals surface area contributed by atoms with Crippen molar-refractivity contribution in [1.82, 2.24) is 25.2 Å². The molecule has 41 heavy (non-hydrogen) atoms. The molecule has 3 aromatic heterocycles. The van der Waals surface area contributed by atoms with Crippen molar-refractivity contribution in [2.45, 2.75) is 36.3 Å². The Morgan fingerprint density at radius 1 is 1.12 bits per heavy atom. The number of aromatic nitrogens is 3. The van der Waals surface area contributed by atoms with Crippen LogP contribution in [0.2, 0.25) is 0 Å². The van der Waals surface area contributed by atoms with Crippen LogP contribution in [0.1, 0.15) is 40.2 Å². The topological polar surface area (TPSA) is 114 Å². The van der Waals surface area contributed by atoms with E-state index in [4.69, 9.17) is 14.7 Å². The minimum atomic E-state index is -3.50. The van der Waals surface area contributed by atoms with Crippen LogP contribution in [0.15, 0.2) is 65.7 Å². The van der Waals surface area contributed by atoms with Crippen LogP contribution in [0.25, 0.3) is 22.3 Å². The quantitative estimate of drug-likeness (QED) is 0.388. The van der Waals surface area contributed by atoms with E-state index in [1.165, 1.54) is 18.2 Å². The van der Waals surface area contributed by atoms with Crippen LogP contribution in [0.4, 0.5) is 0 Å². The van der Waals surface area contributed by atoms with E-state index in [0.29, 0.717) is 17.2 Å². The Kier molecular flexibility index (Phi) is 6.37. The van der Waals surface area contributed by atoms with E-state index in [1.54, 1.807) is 18.3 Å². The van der Waals surface area contributed by atoms with Crippen molar-refractivity contribution in [3.05, 3.63) is 83.3 Å². The number of nitrogens with one attached hydrogen (secondary N) is 1. The summed E-state index contributed by atoms with van der Waals surface area (Å²) in [5.41, 5.74) is 5.32. The third kappa shape index (κ3) is 4.90. The smallest absolute Gasteiger partial charge is 0.251 e. The highest BCUT2D eigenvalue weighted by Crippen LogP contribution is 2.58. The summed E-state index contributed by atoms with van der Waals surface area (Å²) >= 11 is 0. The molecule has 1 saturated heterocycles. The first kappa shape index (κ1) is 26.2. The van der Waals surface area contributed by atoms with Gasteiger partial charge in [0.2, 0.25) is 0 Å². The number of sulfone groups is 1. The number of ether oxygens (including phenoxy) is 1. The van der Waals surface area contributed by atoms with Crippen molar-refractivity contribution in [2.24, 2.45) is 5.92 Å². The lowest BCUT2D eigenvalue weighted by atomic mass is 9.91. The molecule has 2 atom stereocenters. The molecule has 210 valence electrons. The molecule has 1 N–H and O–H groups in total. The number of fused-ring (bicyclic) bond motifs is 3. The molecule has 1 aromatic carbocycles. The molecule has 7 rings (SSSR count). The summed E-state index contributed by atoms with van der Waals surface area (Å²) in [6.45, 7) is 2.77. The normalized spacial score (nSPS) is 23.3. The van der Waals surface area contributed by atoms with Crippen LogP contribution in [0.5, 0.6) is 0 Å². The molecule has 1 amide bonds. The maximum absolute atomic E-state index is 12.9. The van der Waals surface area contributed by atoms with E-state index in [2.05, 4.69) is 34.4 Å². The van der Waals surface area contributed by atoms with E-state index in [-0.39, 0.29) is 47.3 Å². The predicted octanol–water partition coefficient (Wildman–Crippen LogP) is 3.52. The number of likely N-dealkylation sites (tertiary alicyclic amines) is 1. The zero-order valence-electron chi connectivity index (χ0n) is 22.8. The number of pyridine rings is 3. The van der Waals surface area contributed by atoms with E-state index >= 15 is 0 Å². The summed E-state index contributed by atoms with van der Waals surface area (Å²) in [6.07, 6.45) is 4.10. The van der Waals surface area contributed by atoms with Gasteiger partial charge in [-0.1, -0.05) is 12.1 Å². The lowest BCUT2D eigenvalue weighted by Crippen LogP contribution is -2.33. The molecule has 0 spiro atoms. The highest BCUT2D eigenvalue weighted by molar-refractivity contribution is 7.91. The number of hydrogen-bond acceptors (Lipinski definition) is 8. The SMILES string of the molecule is CN1CCC2(c3cccc(-c4ccc5cnc(CNC(=O)c6ccc7c(c6)S(=O)(=O)CCOC7)cc5n4)n3)CC2C1. The maximum Gasteiger partial charge on any atom is 0.251 e. The van der Waals surface area contributed by atoms with Crippen molar-refractivity contribution in [2.75, 3.05) is 32.5 Å². The average molecular weight is 570 g/mol. The first-order valence-electron chi connectivity index (χ1n) is 13.9. The van der Waals surface area contributed by atoms with Crippen LogP contribution in [0, 0.1) is 5.92 Å². The molecule has 10 heteroatoms. The second-order valence-electron chi connectivity index (χ2n) is 11.4. The third-order valence-corrected chi connectivity index (χ3v) is 10.5. The van der Waals surface area contributed by atoms with Gasteiger partial charge in [0.05, 0.1) is 53.0 Å². The molecular formula is C31H31N5O4S. The molecule has 0 bridgehead atoms. The van der Waals surface area contributed by atoms with Crippen LogP contribution >= 0.6 is 0 Å². The van der Waals surface area contributed by atoms with Crippen molar-refractivity contribution in [3.8, 4) is 11.4 Å². The minimum Gasteiger partial charge on any atom is -0.376 e. The molecule has 9 nitrogen and oxygen atoms in total. The molecule has 1 saturated carbocycles. The zero-order valence-corrected chi connectivity index (χ0v) is 23.7. The number of nitrogens with zero attached hydrogens (tertiary/aromatic N) is 4. The van der Waals surface area contributed by atoms with E-state index in [9.17, 15) is 13.2 Å². The molecular weight excluding hydrogens is 538 g/mol. The number of benzene rings is 1. The maximum atomic E-state index is 12.9. The van der Waals surface area contributed by atoms with Crippen molar-refractivity contribution in [1.29, 1.82) is 0 Å². The Labute approximate surface area is 238 Å². The molecule has 2 aliphatic heterocycles. The van der Waals surface area contributed by atoms with Gasteiger partial charge in [-0.3, -0.25) is 14.8 Å². The number of piperidine rings is 1. The summed E-state index contributed by atoms with van der Waals surface area (Å²) < 4.78 is 30.6. The molecule has 1 aliphatic carbocycles. The second kappa shape index (κ2) is 9.97. The lowest BCUT2D eigenvalue weighted by molar-refractivity contribution is 0.0950. The minimum absolute atomic E-state index is 0.0973. The van der Waals surface area contributed by atoms with E-state index in [1.807, 2.05) is 24.3 Å². The number of carbonyl (C=O) groups excluding carboxylic acids is 1. The monoisotopic (exact) mass is 569 g/mol. The fourth-order valence-corrected chi connectivity index (χ4v) is 7.61. The fourth-order valence-electron chi connectivity index (χ4n) is 6.22. The molecule has 2 fully saturated rings. The zero-order chi connectivity index (χ0) is 28.2. The van der Waals surface area contributed by atoms with Crippen molar-refractivity contribution < 1.29 is 17.9 Å². The van der Waals surface area contributed by atoms with Gasteiger partial charge in [0.15, 0.2) is 9.84 Å². The lowest BCUT2D eigenvalue weighted by Gasteiger charge is -2.28. The molecule has 0 radical (unpaired) electrons. The number of carbonyl (C=O) groups is 1. The van der Waals surface area contributed by atoms with Crippen LogP contribution in [0.3, 0.4) is 0 Å². The van der Waals surface area contributed by atoms with Gasteiger partial charge in [-0.2, -0.15) is 0 Å². The summed E-state index contributed by atoms with van der Waals surface area (Å²) in [5, 5.41) is 3.76. The van der Waals surface area contributed by atoms with Gasteiger partial charge >= 0.3 is 0 Å². The Balaban J connectivity index is 1.09. The number of amides is 1. The van der Waals surface area contributed by atoms with Crippen molar-refractivity contribution >= 4 is 26.6 Å². The predicted molar refractivity (Wildman–Crippen MR) is 154 cm³/mol. The Hall–Kier alpha value is -3.73. The van der Waals surface area contributed by atoms with Gasteiger partial charge in [0.1, 0.15) is 0 Å². The summed E-state index contributed by atoms with van der Waals surface area (Å²) in [7, 11) is -1.31. The molecule has 3 aliphatic rings. The van der Waals surface area contributed by atoms with Crippen molar-refractivity contribution in [3.63, 3.8) is 0 Å². The molecule has 4 aromatic rings. The second-order valence-corrected chi connectivity index (χ2v) is 13.5. The third-order valence-electron chi connectivity index (χ3n) is 8.70. The van der Waals surface area contributed by atoms with Gasteiger partial charge in [-0.25, -0.2) is 13.4 Å². The number of hydrogen-bond donors (Lipinski definition) is 1. The first-order valence-corrected chi connectivity index (χ1v) is 15.6. The largest absolute Gasteiger partial charge is 0.376 e.